The molecule has 0 radical (unpaired) electrons. The van der Waals surface area contributed by atoms with Gasteiger partial charge in [-0.25, -0.2) is 0 Å². The smallest absolute Gasteiger partial charge is 0.248 e. The van der Waals surface area contributed by atoms with Gasteiger partial charge in [-0.2, -0.15) is 0 Å². The van der Waals surface area contributed by atoms with Crippen LogP contribution in [0.1, 0.15) is 30.1 Å². The molecule has 5 nitrogen and oxygen atoms in total. The lowest BCUT2D eigenvalue weighted by molar-refractivity contribution is -0.130. The molecule has 0 aliphatic carbocycles. The first-order chi connectivity index (χ1) is 9.56. The molecule has 1 aliphatic rings. The summed E-state index contributed by atoms with van der Waals surface area (Å²) in [5.74, 6) is 0.339. The largest absolute Gasteiger partial charge is 0.376 e. The number of nitrogens with zero attached hydrogens (tertiary/aromatic N) is 1. The van der Waals surface area contributed by atoms with Crippen molar-refractivity contribution >= 4 is 17.5 Å². The SMILES string of the molecule is CC1CCN(C(=O)CNc2cccc(C(N)=O)c2)CC1. The molecule has 1 fully saturated rings. The first kappa shape index (κ1) is 14.4. The fourth-order valence-electron chi connectivity index (χ4n) is 2.33. The van der Waals surface area contributed by atoms with Crippen LogP contribution in [0.15, 0.2) is 24.3 Å². The van der Waals surface area contributed by atoms with E-state index in [4.69, 9.17) is 5.73 Å². The fraction of sp³-hybridized carbons (Fsp3) is 0.467. The Morgan fingerprint density at radius 1 is 1.35 bits per heavy atom. The van der Waals surface area contributed by atoms with Gasteiger partial charge in [-0.3, -0.25) is 9.59 Å². The Labute approximate surface area is 119 Å². The number of anilines is 1. The van der Waals surface area contributed by atoms with E-state index in [1.807, 2.05) is 11.0 Å². The van der Waals surface area contributed by atoms with Gasteiger partial charge in [-0.05, 0) is 37.0 Å². The fourth-order valence-corrected chi connectivity index (χ4v) is 2.33. The third-order valence-corrected chi connectivity index (χ3v) is 3.73. The van der Waals surface area contributed by atoms with E-state index in [2.05, 4.69) is 12.2 Å². The second-order valence-electron chi connectivity index (χ2n) is 5.36. The van der Waals surface area contributed by atoms with Crippen LogP contribution < -0.4 is 11.1 Å². The van der Waals surface area contributed by atoms with Crippen LogP contribution in [0.4, 0.5) is 5.69 Å². The highest BCUT2D eigenvalue weighted by molar-refractivity contribution is 5.93. The maximum Gasteiger partial charge on any atom is 0.248 e. The molecular formula is C15H21N3O2. The van der Waals surface area contributed by atoms with Crippen LogP contribution in [0.5, 0.6) is 0 Å². The van der Waals surface area contributed by atoms with Crippen molar-refractivity contribution in [3.63, 3.8) is 0 Å². The van der Waals surface area contributed by atoms with Gasteiger partial charge in [0, 0.05) is 24.3 Å². The number of carbonyl (C=O) groups excluding carboxylic acids is 2. The predicted molar refractivity (Wildman–Crippen MR) is 78.4 cm³/mol. The third kappa shape index (κ3) is 3.73. The van der Waals surface area contributed by atoms with Crippen molar-refractivity contribution in [2.24, 2.45) is 11.7 Å². The quantitative estimate of drug-likeness (QED) is 0.873. The summed E-state index contributed by atoms with van der Waals surface area (Å²) in [5, 5.41) is 3.05. The molecule has 1 heterocycles. The minimum absolute atomic E-state index is 0.0985. The number of nitrogens with two attached hydrogens (primary N) is 1. The van der Waals surface area contributed by atoms with Gasteiger partial charge in [0.25, 0.3) is 0 Å². The lowest BCUT2D eigenvalue weighted by atomic mass is 9.99. The van der Waals surface area contributed by atoms with Crippen LogP contribution in [-0.4, -0.2) is 36.3 Å². The van der Waals surface area contributed by atoms with Crippen LogP contribution in [0.25, 0.3) is 0 Å². The van der Waals surface area contributed by atoms with Crippen LogP contribution in [0.3, 0.4) is 0 Å². The van der Waals surface area contributed by atoms with Crippen molar-refractivity contribution in [3.05, 3.63) is 29.8 Å². The van der Waals surface area contributed by atoms with E-state index in [0.717, 1.165) is 31.6 Å². The number of piperidine rings is 1. The molecule has 5 heteroatoms. The Kier molecular flexibility index (Phi) is 4.61. The van der Waals surface area contributed by atoms with E-state index >= 15 is 0 Å². The predicted octanol–water partition coefficient (Wildman–Crippen LogP) is 1.46. The number of hydrogen-bond donors (Lipinski definition) is 2. The zero-order valence-corrected chi connectivity index (χ0v) is 11.8. The van der Waals surface area contributed by atoms with E-state index in [-0.39, 0.29) is 12.5 Å². The summed E-state index contributed by atoms with van der Waals surface area (Å²) >= 11 is 0. The molecule has 1 saturated heterocycles. The van der Waals surface area contributed by atoms with Gasteiger partial charge in [-0.1, -0.05) is 13.0 Å². The molecule has 1 aromatic rings. The second kappa shape index (κ2) is 6.41. The van der Waals surface area contributed by atoms with Crippen molar-refractivity contribution in [1.82, 2.24) is 4.90 Å². The van der Waals surface area contributed by atoms with Gasteiger partial charge in [0.05, 0.1) is 6.54 Å². The van der Waals surface area contributed by atoms with Crippen molar-refractivity contribution < 1.29 is 9.59 Å². The summed E-state index contributed by atoms with van der Waals surface area (Å²) in [6, 6.07) is 6.88. The molecule has 0 bridgehead atoms. The van der Waals surface area contributed by atoms with E-state index in [9.17, 15) is 9.59 Å². The van der Waals surface area contributed by atoms with E-state index in [0.29, 0.717) is 11.5 Å². The summed E-state index contributed by atoms with van der Waals surface area (Å²) in [5.41, 5.74) is 6.40. The Balaban J connectivity index is 1.87. The number of carbonyl (C=O) groups is 2. The maximum atomic E-state index is 12.1. The number of primary amides is 1. The molecule has 2 amide bonds. The van der Waals surface area contributed by atoms with Crippen LogP contribution >= 0.6 is 0 Å². The van der Waals surface area contributed by atoms with Crippen LogP contribution in [-0.2, 0) is 4.79 Å². The average Bonchev–Trinajstić information content (AvgIpc) is 2.46. The molecule has 1 aliphatic heterocycles. The minimum atomic E-state index is -0.468. The van der Waals surface area contributed by atoms with Crippen molar-refractivity contribution in [1.29, 1.82) is 0 Å². The number of rotatable bonds is 4. The summed E-state index contributed by atoms with van der Waals surface area (Å²) in [7, 11) is 0. The summed E-state index contributed by atoms with van der Waals surface area (Å²) in [4.78, 5) is 25.1. The molecule has 0 saturated carbocycles. The highest BCUT2D eigenvalue weighted by atomic mass is 16.2. The molecule has 1 aromatic carbocycles. The average molecular weight is 275 g/mol. The molecular weight excluding hydrogens is 254 g/mol. The Morgan fingerprint density at radius 2 is 2.05 bits per heavy atom. The van der Waals surface area contributed by atoms with E-state index in [1.54, 1.807) is 18.2 Å². The lowest BCUT2D eigenvalue weighted by Gasteiger charge is -2.30. The molecule has 0 spiro atoms. The third-order valence-electron chi connectivity index (χ3n) is 3.73. The minimum Gasteiger partial charge on any atom is -0.376 e. The van der Waals surface area contributed by atoms with Crippen LogP contribution in [0, 0.1) is 5.92 Å². The first-order valence-corrected chi connectivity index (χ1v) is 6.98. The Bertz CT molecular complexity index is 494. The number of likely N-dealkylation sites (tertiary alicyclic amines) is 1. The van der Waals surface area contributed by atoms with Crippen molar-refractivity contribution in [2.45, 2.75) is 19.8 Å². The standard InChI is InChI=1S/C15H21N3O2/c1-11-5-7-18(8-6-11)14(19)10-17-13-4-2-3-12(9-13)15(16)20/h2-4,9,11,17H,5-8,10H2,1H3,(H2,16,20). The number of amides is 2. The van der Waals surface area contributed by atoms with Gasteiger partial charge in [0.2, 0.25) is 11.8 Å². The molecule has 3 N–H and O–H groups in total. The molecule has 0 aromatic heterocycles. The second-order valence-corrected chi connectivity index (χ2v) is 5.36. The highest BCUT2D eigenvalue weighted by Gasteiger charge is 2.19. The topological polar surface area (TPSA) is 75.4 Å². The monoisotopic (exact) mass is 275 g/mol. The van der Waals surface area contributed by atoms with Crippen molar-refractivity contribution in [3.8, 4) is 0 Å². The van der Waals surface area contributed by atoms with Gasteiger partial charge in [0.1, 0.15) is 0 Å². The molecule has 0 atom stereocenters. The molecule has 20 heavy (non-hydrogen) atoms. The highest BCUT2D eigenvalue weighted by Crippen LogP contribution is 2.16. The maximum absolute atomic E-state index is 12.1. The number of benzene rings is 1. The van der Waals surface area contributed by atoms with Gasteiger partial charge < -0.3 is 16.0 Å². The molecule has 2 rings (SSSR count). The Morgan fingerprint density at radius 3 is 2.70 bits per heavy atom. The zero-order valence-electron chi connectivity index (χ0n) is 11.8. The van der Waals surface area contributed by atoms with Gasteiger partial charge in [-0.15, -0.1) is 0 Å². The van der Waals surface area contributed by atoms with E-state index < -0.39 is 5.91 Å². The molecule has 108 valence electrons. The normalized spacial score (nSPS) is 15.9. The summed E-state index contributed by atoms with van der Waals surface area (Å²) in [6.45, 7) is 4.14. The lowest BCUT2D eigenvalue weighted by Crippen LogP contribution is -2.40. The van der Waals surface area contributed by atoms with Gasteiger partial charge >= 0.3 is 0 Å². The van der Waals surface area contributed by atoms with Crippen LogP contribution in [0.2, 0.25) is 0 Å². The van der Waals surface area contributed by atoms with E-state index in [1.165, 1.54) is 0 Å². The number of nitrogens with one attached hydrogen (secondary N) is 1. The first-order valence-electron chi connectivity index (χ1n) is 6.98. The summed E-state index contributed by atoms with van der Waals surface area (Å²) in [6.07, 6.45) is 2.14. The van der Waals surface area contributed by atoms with Crippen molar-refractivity contribution in [2.75, 3.05) is 25.0 Å². The molecule has 0 unspecified atom stereocenters. The summed E-state index contributed by atoms with van der Waals surface area (Å²) < 4.78 is 0. The zero-order chi connectivity index (χ0) is 14.5. The van der Waals surface area contributed by atoms with Gasteiger partial charge in [0.15, 0.2) is 0 Å². The number of hydrogen-bond acceptors (Lipinski definition) is 3. The Hall–Kier alpha value is -2.04.